The normalized spacial score (nSPS) is 41.5. The smallest absolute Gasteiger partial charge is 0.227 e. The number of ether oxygens (including phenoxy) is 2. The first kappa shape index (κ1) is 17.8. The number of allylic oxidation sites excluding steroid dienone is 2. The summed E-state index contributed by atoms with van der Waals surface area (Å²) in [5, 5.41) is 0. The van der Waals surface area contributed by atoms with Crippen LogP contribution in [0.4, 0.5) is 0 Å². The Morgan fingerprint density at radius 3 is 2.50 bits per heavy atom. The molecule has 0 radical (unpaired) electrons. The molecule has 0 bridgehead atoms. The van der Waals surface area contributed by atoms with Crippen molar-refractivity contribution in [3.05, 3.63) is 23.2 Å². The molecule has 0 aromatic carbocycles. The number of ketones is 2. The van der Waals surface area contributed by atoms with Crippen LogP contribution in [0, 0.1) is 22.7 Å². The number of carbonyl (C=O) groups is 2. The molecule has 0 amide bonds. The number of rotatable bonds is 1. The SMILES string of the molecule is COC1=CC(=O)C2=C(CC3C(C)(CC[C@H]4C(C)(C)CCC[C@]34C)O2)C1=O. The van der Waals surface area contributed by atoms with E-state index in [0.29, 0.717) is 23.3 Å². The summed E-state index contributed by atoms with van der Waals surface area (Å²) in [5.74, 6) is 0.880. The zero-order valence-electron chi connectivity index (χ0n) is 16.6. The Bertz CT molecular complexity index is 743. The minimum Gasteiger partial charge on any atom is -0.493 e. The lowest BCUT2D eigenvalue weighted by atomic mass is 9.44. The molecule has 2 fully saturated rings. The molecule has 2 saturated carbocycles. The van der Waals surface area contributed by atoms with Gasteiger partial charge >= 0.3 is 0 Å². The Balaban J connectivity index is 1.77. The second kappa shape index (κ2) is 5.46. The first-order chi connectivity index (χ1) is 12.1. The summed E-state index contributed by atoms with van der Waals surface area (Å²) in [6.07, 6.45) is 7.62. The van der Waals surface area contributed by atoms with E-state index in [4.69, 9.17) is 9.47 Å². The van der Waals surface area contributed by atoms with Crippen LogP contribution in [0.3, 0.4) is 0 Å². The molecular formula is C22H30O4. The number of carbonyl (C=O) groups excluding carboxylic acids is 2. The Labute approximate surface area is 156 Å². The fourth-order valence-electron chi connectivity index (χ4n) is 6.71. The van der Waals surface area contributed by atoms with Crippen molar-refractivity contribution in [2.24, 2.45) is 22.7 Å². The average molecular weight is 358 g/mol. The van der Waals surface area contributed by atoms with Crippen LogP contribution >= 0.6 is 0 Å². The molecule has 3 aliphatic carbocycles. The molecular weight excluding hydrogens is 328 g/mol. The maximum Gasteiger partial charge on any atom is 0.227 e. The van der Waals surface area contributed by atoms with E-state index < -0.39 is 0 Å². The average Bonchev–Trinajstić information content (AvgIpc) is 2.56. The fourth-order valence-corrected chi connectivity index (χ4v) is 6.71. The minimum atomic E-state index is -0.369. The van der Waals surface area contributed by atoms with E-state index >= 15 is 0 Å². The molecule has 4 rings (SSSR count). The predicted octanol–water partition coefficient (Wildman–Crippen LogP) is 4.34. The molecule has 4 atom stereocenters. The van der Waals surface area contributed by atoms with Crippen LogP contribution in [0.5, 0.6) is 0 Å². The Morgan fingerprint density at radius 1 is 1.08 bits per heavy atom. The minimum absolute atomic E-state index is 0.130. The Kier molecular flexibility index (Phi) is 3.74. The highest BCUT2D eigenvalue weighted by Crippen LogP contribution is 2.65. The van der Waals surface area contributed by atoms with E-state index in [-0.39, 0.29) is 40.0 Å². The van der Waals surface area contributed by atoms with Crippen LogP contribution in [0.2, 0.25) is 0 Å². The highest BCUT2D eigenvalue weighted by Gasteiger charge is 2.61. The molecule has 0 N–H and O–H groups in total. The lowest BCUT2D eigenvalue weighted by molar-refractivity contribution is -0.186. The summed E-state index contributed by atoms with van der Waals surface area (Å²) in [7, 11) is 1.44. The van der Waals surface area contributed by atoms with E-state index in [1.54, 1.807) is 0 Å². The zero-order chi connectivity index (χ0) is 18.9. The van der Waals surface area contributed by atoms with E-state index in [0.717, 1.165) is 12.8 Å². The zero-order valence-corrected chi connectivity index (χ0v) is 16.6. The van der Waals surface area contributed by atoms with Gasteiger partial charge in [0.05, 0.1) is 7.11 Å². The number of hydrogen-bond acceptors (Lipinski definition) is 4. The molecule has 0 spiro atoms. The van der Waals surface area contributed by atoms with Crippen molar-refractivity contribution in [1.82, 2.24) is 0 Å². The molecule has 1 aliphatic heterocycles. The summed E-state index contributed by atoms with van der Waals surface area (Å²) >= 11 is 0. The van der Waals surface area contributed by atoms with Gasteiger partial charge in [0.1, 0.15) is 5.60 Å². The number of fused-ring (bicyclic) bond motifs is 3. The molecule has 0 aromatic rings. The summed E-state index contributed by atoms with van der Waals surface area (Å²) in [4.78, 5) is 25.4. The van der Waals surface area contributed by atoms with Crippen molar-refractivity contribution < 1.29 is 19.1 Å². The highest BCUT2D eigenvalue weighted by molar-refractivity contribution is 6.21. The van der Waals surface area contributed by atoms with E-state index in [2.05, 4.69) is 27.7 Å². The lowest BCUT2D eigenvalue weighted by Gasteiger charge is -2.63. The largest absolute Gasteiger partial charge is 0.493 e. The van der Waals surface area contributed by atoms with E-state index in [1.807, 2.05) is 0 Å². The molecule has 4 heteroatoms. The molecule has 26 heavy (non-hydrogen) atoms. The topological polar surface area (TPSA) is 52.6 Å². The second-order valence-electron chi connectivity index (χ2n) is 9.82. The Hall–Kier alpha value is -1.58. The van der Waals surface area contributed by atoms with Gasteiger partial charge in [0.15, 0.2) is 11.5 Å². The monoisotopic (exact) mass is 358 g/mol. The van der Waals surface area contributed by atoms with E-state index in [9.17, 15) is 9.59 Å². The van der Waals surface area contributed by atoms with Gasteiger partial charge in [0.25, 0.3) is 0 Å². The first-order valence-electron chi connectivity index (χ1n) is 9.89. The molecule has 142 valence electrons. The number of methoxy groups -OCH3 is 1. The van der Waals surface area contributed by atoms with Crippen molar-refractivity contribution in [3.63, 3.8) is 0 Å². The summed E-state index contributed by atoms with van der Waals surface area (Å²) in [6.45, 7) is 9.34. The third-order valence-electron chi connectivity index (χ3n) is 7.96. The number of hydrogen-bond donors (Lipinski definition) is 0. The molecule has 1 heterocycles. The highest BCUT2D eigenvalue weighted by atomic mass is 16.5. The molecule has 2 unspecified atom stereocenters. The van der Waals surface area contributed by atoms with Crippen LogP contribution in [-0.4, -0.2) is 24.3 Å². The van der Waals surface area contributed by atoms with Crippen LogP contribution < -0.4 is 0 Å². The summed E-state index contributed by atoms with van der Waals surface area (Å²) < 4.78 is 11.5. The first-order valence-corrected chi connectivity index (χ1v) is 9.89. The molecule has 0 saturated heterocycles. The maximum atomic E-state index is 12.8. The van der Waals surface area contributed by atoms with Gasteiger partial charge in [-0.1, -0.05) is 27.2 Å². The number of Topliss-reactive ketones (excluding diaryl/α,β-unsaturated/α-hetero) is 1. The third kappa shape index (κ3) is 2.26. The standard InChI is InChI=1S/C22H30O4/c1-20(2)8-6-9-21(3)16(20)7-10-22(4)17(21)11-13-18(24)15(25-5)12-14(23)19(13)26-22/h12,16-17H,6-11H2,1-5H3/t16-,17?,21-,22?/m0/s1. The summed E-state index contributed by atoms with van der Waals surface area (Å²) in [6, 6.07) is 0. The van der Waals surface area contributed by atoms with Gasteiger partial charge in [-0.15, -0.1) is 0 Å². The summed E-state index contributed by atoms with van der Waals surface area (Å²) in [5.41, 5.74) is 0.603. The molecule has 4 aliphatic rings. The lowest BCUT2D eigenvalue weighted by Crippen LogP contribution is -2.60. The van der Waals surface area contributed by atoms with Gasteiger partial charge in [-0.2, -0.15) is 0 Å². The van der Waals surface area contributed by atoms with Gasteiger partial charge in [0, 0.05) is 17.6 Å². The van der Waals surface area contributed by atoms with Crippen LogP contribution in [0.1, 0.15) is 66.2 Å². The van der Waals surface area contributed by atoms with Gasteiger partial charge in [-0.3, -0.25) is 9.59 Å². The van der Waals surface area contributed by atoms with Crippen molar-refractivity contribution in [1.29, 1.82) is 0 Å². The van der Waals surface area contributed by atoms with Gasteiger partial charge in [0.2, 0.25) is 11.6 Å². The van der Waals surface area contributed by atoms with Crippen molar-refractivity contribution in [2.45, 2.75) is 71.8 Å². The van der Waals surface area contributed by atoms with Gasteiger partial charge in [-0.25, -0.2) is 0 Å². The van der Waals surface area contributed by atoms with Crippen molar-refractivity contribution in [2.75, 3.05) is 7.11 Å². The maximum absolute atomic E-state index is 12.8. The third-order valence-corrected chi connectivity index (χ3v) is 7.96. The fraction of sp³-hybridized carbons (Fsp3) is 0.727. The quantitative estimate of drug-likeness (QED) is 0.654. The van der Waals surface area contributed by atoms with Crippen molar-refractivity contribution >= 4 is 11.6 Å². The van der Waals surface area contributed by atoms with Gasteiger partial charge in [-0.05, 0) is 55.8 Å². The van der Waals surface area contributed by atoms with Crippen LogP contribution in [0.25, 0.3) is 0 Å². The van der Waals surface area contributed by atoms with Gasteiger partial charge < -0.3 is 9.47 Å². The molecule has 0 aromatic heterocycles. The Morgan fingerprint density at radius 2 is 1.81 bits per heavy atom. The van der Waals surface area contributed by atoms with Crippen molar-refractivity contribution in [3.8, 4) is 0 Å². The van der Waals surface area contributed by atoms with E-state index in [1.165, 1.54) is 32.4 Å². The van der Waals surface area contributed by atoms with Crippen LogP contribution in [0.15, 0.2) is 23.2 Å². The second-order valence-corrected chi connectivity index (χ2v) is 9.82. The van der Waals surface area contributed by atoms with Crippen LogP contribution in [-0.2, 0) is 19.1 Å². The predicted molar refractivity (Wildman–Crippen MR) is 98.2 cm³/mol. The molecule has 4 nitrogen and oxygen atoms in total.